The van der Waals surface area contributed by atoms with E-state index in [1.54, 1.807) is 29.2 Å². The molecule has 3 rings (SSSR count). The highest BCUT2D eigenvalue weighted by molar-refractivity contribution is 5.96. The van der Waals surface area contributed by atoms with E-state index < -0.39 is 23.9 Å². The molecule has 2 aromatic carbocycles. The molecule has 7 nitrogen and oxygen atoms in total. The summed E-state index contributed by atoms with van der Waals surface area (Å²) in [5.74, 6) is -1.19. The molecule has 2 amide bonds. The number of rotatable bonds is 7. The number of anilines is 1. The first-order valence-electron chi connectivity index (χ1n) is 9.89. The lowest BCUT2D eigenvalue weighted by molar-refractivity contribution is -0.157. The van der Waals surface area contributed by atoms with Gasteiger partial charge >= 0.3 is 5.97 Å². The van der Waals surface area contributed by atoms with E-state index in [1.807, 2.05) is 37.3 Å². The number of amides is 2. The second-order valence-electron chi connectivity index (χ2n) is 7.30. The first-order chi connectivity index (χ1) is 14.4. The van der Waals surface area contributed by atoms with E-state index in [2.05, 4.69) is 5.32 Å². The van der Waals surface area contributed by atoms with Gasteiger partial charge in [0.25, 0.3) is 5.91 Å². The van der Waals surface area contributed by atoms with Crippen molar-refractivity contribution in [3.05, 3.63) is 60.2 Å². The van der Waals surface area contributed by atoms with Gasteiger partial charge in [0, 0.05) is 13.0 Å². The molecule has 1 aliphatic heterocycles. The summed E-state index contributed by atoms with van der Waals surface area (Å²) in [6.45, 7) is 3.71. The predicted octanol–water partition coefficient (Wildman–Crippen LogP) is 3.18. The zero-order chi connectivity index (χ0) is 21.7. The van der Waals surface area contributed by atoms with Crippen LogP contribution < -0.4 is 10.1 Å². The lowest BCUT2D eigenvalue weighted by Gasteiger charge is -2.25. The van der Waals surface area contributed by atoms with Crippen LogP contribution in [0.2, 0.25) is 0 Å². The van der Waals surface area contributed by atoms with Crippen LogP contribution in [-0.4, -0.2) is 42.4 Å². The average Bonchev–Trinajstić information content (AvgIpc) is 3.15. The number of hydrogen-bond donors (Lipinski definition) is 1. The Hall–Kier alpha value is -3.35. The molecule has 0 radical (unpaired) electrons. The summed E-state index contributed by atoms with van der Waals surface area (Å²) in [5, 5.41) is 2.70. The predicted molar refractivity (Wildman–Crippen MR) is 112 cm³/mol. The van der Waals surface area contributed by atoms with Crippen molar-refractivity contribution in [3.8, 4) is 5.75 Å². The topological polar surface area (TPSA) is 84.9 Å². The Morgan fingerprint density at radius 1 is 1.07 bits per heavy atom. The molecule has 7 heteroatoms. The Balaban J connectivity index is 1.58. The van der Waals surface area contributed by atoms with Gasteiger partial charge < -0.3 is 19.7 Å². The number of carbonyl (C=O) groups is 3. The lowest BCUT2D eigenvalue weighted by Crippen LogP contribution is -2.34. The third-order valence-corrected chi connectivity index (χ3v) is 5.27. The summed E-state index contributed by atoms with van der Waals surface area (Å²) in [4.78, 5) is 39.2. The largest absolute Gasteiger partial charge is 0.495 e. The van der Waals surface area contributed by atoms with Gasteiger partial charge in [-0.2, -0.15) is 0 Å². The van der Waals surface area contributed by atoms with Crippen LogP contribution in [0.4, 0.5) is 5.69 Å². The molecule has 158 valence electrons. The quantitative estimate of drug-likeness (QED) is 0.709. The van der Waals surface area contributed by atoms with E-state index in [9.17, 15) is 14.4 Å². The first kappa shape index (κ1) is 21.4. The Bertz CT molecular complexity index is 915. The molecule has 1 fully saturated rings. The van der Waals surface area contributed by atoms with Crippen molar-refractivity contribution < 1.29 is 23.9 Å². The number of methoxy groups -OCH3 is 1. The van der Waals surface area contributed by atoms with Crippen molar-refractivity contribution in [2.45, 2.75) is 32.4 Å². The monoisotopic (exact) mass is 410 g/mol. The average molecular weight is 410 g/mol. The number of nitrogens with one attached hydrogen (secondary N) is 1. The highest BCUT2D eigenvalue weighted by Gasteiger charge is 2.38. The van der Waals surface area contributed by atoms with Gasteiger partial charge in [0.05, 0.1) is 24.8 Å². The number of benzene rings is 2. The summed E-state index contributed by atoms with van der Waals surface area (Å²) in [6, 6.07) is 16.5. The molecule has 30 heavy (non-hydrogen) atoms. The minimum Gasteiger partial charge on any atom is -0.495 e. The van der Waals surface area contributed by atoms with Gasteiger partial charge in [-0.25, -0.2) is 0 Å². The Kier molecular flexibility index (Phi) is 6.72. The van der Waals surface area contributed by atoms with Gasteiger partial charge in [-0.15, -0.1) is 0 Å². The molecule has 1 saturated heterocycles. The van der Waals surface area contributed by atoms with Crippen molar-refractivity contribution in [1.29, 1.82) is 0 Å². The van der Waals surface area contributed by atoms with Crippen molar-refractivity contribution in [2.75, 3.05) is 19.0 Å². The first-order valence-corrected chi connectivity index (χ1v) is 9.89. The number of esters is 1. The molecule has 0 spiro atoms. The summed E-state index contributed by atoms with van der Waals surface area (Å²) in [6.07, 6.45) is -0.922. The van der Waals surface area contributed by atoms with Crippen LogP contribution in [0.15, 0.2) is 54.6 Å². The molecule has 1 heterocycles. The minimum absolute atomic E-state index is 0.0802. The second kappa shape index (κ2) is 9.43. The van der Waals surface area contributed by atoms with Crippen LogP contribution in [0.3, 0.4) is 0 Å². The maximum atomic E-state index is 12.6. The number of nitrogens with zero attached hydrogens (tertiary/aromatic N) is 1. The van der Waals surface area contributed by atoms with Crippen LogP contribution in [0, 0.1) is 5.92 Å². The number of ether oxygens (including phenoxy) is 2. The number of hydrogen-bond acceptors (Lipinski definition) is 5. The highest BCUT2D eigenvalue weighted by atomic mass is 16.5. The summed E-state index contributed by atoms with van der Waals surface area (Å²) < 4.78 is 10.6. The van der Waals surface area contributed by atoms with Gasteiger partial charge in [0.15, 0.2) is 6.10 Å². The zero-order valence-electron chi connectivity index (χ0n) is 17.3. The maximum absolute atomic E-state index is 12.6. The molecule has 0 unspecified atom stereocenters. The summed E-state index contributed by atoms with van der Waals surface area (Å²) in [7, 11) is 1.51. The molecular weight excluding hydrogens is 384 g/mol. The van der Waals surface area contributed by atoms with Crippen LogP contribution in [0.25, 0.3) is 0 Å². The molecule has 0 saturated carbocycles. The van der Waals surface area contributed by atoms with Crippen molar-refractivity contribution >= 4 is 23.5 Å². The number of para-hydroxylation sites is 2. The standard InChI is InChI=1S/C23H26N2O5/c1-15(17-9-5-4-6-10-17)25-14-18(13-21(25)26)23(28)30-16(2)22(27)24-19-11-7-8-12-20(19)29-3/h4-12,15-16,18H,13-14H2,1-3H3,(H,24,27)/t15-,16+,18-/m1/s1. The minimum atomic E-state index is -1.00. The fourth-order valence-electron chi connectivity index (χ4n) is 3.48. The number of carbonyl (C=O) groups excluding carboxylic acids is 3. The van der Waals surface area contributed by atoms with E-state index >= 15 is 0 Å². The van der Waals surface area contributed by atoms with Crippen LogP contribution in [0.1, 0.15) is 31.9 Å². The molecule has 0 aromatic heterocycles. The van der Waals surface area contributed by atoms with E-state index in [1.165, 1.54) is 14.0 Å². The highest BCUT2D eigenvalue weighted by Crippen LogP contribution is 2.29. The fraction of sp³-hybridized carbons (Fsp3) is 0.348. The Morgan fingerprint density at radius 2 is 1.73 bits per heavy atom. The third kappa shape index (κ3) is 4.79. The van der Waals surface area contributed by atoms with E-state index in [0.717, 1.165) is 5.56 Å². The van der Waals surface area contributed by atoms with Crippen LogP contribution in [0.5, 0.6) is 5.75 Å². The molecule has 3 atom stereocenters. The van der Waals surface area contributed by atoms with Crippen molar-refractivity contribution in [2.24, 2.45) is 5.92 Å². The van der Waals surface area contributed by atoms with Crippen LogP contribution in [-0.2, 0) is 19.1 Å². The molecule has 0 aliphatic carbocycles. The third-order valence-electron chi connectivity index (χ3n) is 5.27. The lowest BCUT2D eigenvalue weighted by atomic mass is 10.1. The smallest absolute Gasteiger partial charge is 0.312 e. The van der Waals surface area contributed by atoms with E-state index in [-0.39, 0.29) is 24.9 Å². The SMILES string of the molecule is COc1ccccc1NC(=O)[C@H](C)OC(=O)[C@@H]1CC(=O)N([C@H](C)c2ccccc2)C1. The van der Waals surface area contributed by atoms with Crippen LogP contribution >= 0.6 is 0 Å². The normalized spacial score (nSPS) is 17.9. The summed E-state index contributed by atoms with van der Waals surface area (Å²) >= 11 is 0. The van der Waals surface area contributed by atoms with Gasteiger partial charge in [-0.1, -0.05) is 42.5 Å². The molecule has 1 aliphatic rings. The van der Waals surface area contributed by atoms with Gasteiger partial charge in [0.1, 0.15) is 5.75 Å². The number of likely N-dealkylation sites (tertiary alicyclic amines) is 1. The Morgan fingerprint density at radius 3 is 2.43 bits per heavy atom. The molecule has 1 N–H and O–H groups in total. The fourth-order valence-corrected chi connectivity index (χ4v) is 3.48. The van der Waals surface area contributed by atoms with Crippen molar-refractivity contribution in [3.63, 3.8) is 0 Å². The van der Waals surface area contributed by atoms with E-state index in [0.29, 0.717) is 11.4 Å². The molecule has 2 aromatic rings. The second-order valence-corrected chi connectivity index (χ2v) is 7.30. The zero-order valence-corrected chi connectivity index (χ0v) is 17.3. The van der Waals surface area contributed by atoms with Gasteiger partial charge in [0.2, 0.25) is 5.91 Å². The van der Waals surface area contributed by atoms with Gasteiger partial charge in [-0.3, -0.25) is 14.4 Å². The van der Waals surface area contributed by atoms with Crippen molar-refractivity contribution in [1.82, 2.24) is 4.90 Å². The molecule has 0 bridgehead atoms. The summed E-state index contributed by atoms with van der Waals surface area (Å²) in [5.41, 5.74) is 1.50. The maximum Gasteiger partial charge on any atom is 0.312 e. The Labute approximate surface area is 176 Å². The molecular formula is C23H26N2O5. The van der Waals surface area contributed by atoms with Gasteiger partial charge in [-0.05, 0) is 31.5 Å². The van der Waals surface area contributed by atoms with E-state index in [4.69, 9.17) is 9.47 Å².